The number of aromatic nitrogens is 3. The molecular weight excluding hydrogens is 476 g/mol. The first-order valence-corrected chi connectivity index (χ1v) is 12.8. The van der Waals surface area contributed by atoms with Crippen LogP contribution in [-0.2, 0) is 10.2 Å². The Kier molecular flexibility index (Phi) is 7.33. The summed E-state index contributed by atoms with van der Waals surface area (Å²) in [4.78, 5) is 12.7. The monoisotopic (exact) mass is 504 g/mol. The van der Waals surface area contributed by atoms with E-state index in [2.05, 4.69) is 79.6 Å². The lowest BCUT2D eigenvalue weighted by Gasteiger charge is -2.19. The molecule has 0 fully saturated rings. The molecule has 1 aromatic heterocycles. The van der Waals surface area contributed by atoms with Crippen molar-refractivity contribution in [3.05, 3.63) is 88.4 Å². The van der Waals surface area contributed by atoms with E-state index >= 15 is 0 Å². The number of hydrogen-bond donors (Lipinski definition) is 1. The summed E-state index contributed by atoms with van der Waals surface area (Å²) in [6, 6.07) is 22.1. The number of hydrogen-bond acceptors (Lipinski definition) is 4. The SMILES string of the molecule is Cc1ccc(-n2c(SCC(=O)Nc3cc(Cl)ccc3C)nnc2-c2ccc(C(C)(C)C)cc2)cc1. The van der Waals surface area contributed by atoms with Gasteiger partial charge in [0.25, 0.3) is 0 Å². The number of benzene rings is 3. The van der Waals surface area contributed by atoms with Crippen molar-refractivity contribution in [2.45, 2.75) is 45.2 Å². The van der Waals surface area contributed by atoms with Crippen molar-refractivity contribution in [2.24, 2.45) is 0 Å². The first-order valence-electron chi connectivity index (χ1n) is 11.4. The fourth-order valence-electron chi connectivity index (χ4n) is 3.64. The van der Waals surface area contributed by atoms with Gasteiger partial charge in [0.15, 0.2) is 11.0 Å². The van der Waals surface area contributed by atoms with Gasteiger partial charge in [-0.05, 0) is 54.7 Å². The van der Waals surface area contributed by atoms with Crippen LogP contribution in [0.15, 0.2) is 71.9 Å². The van der Waals surface area contributed by atoms with Crippen molar-refractivity contribution >= 4 is 35.0 Å². The van der Waals surface area contributed by atoms with Crippen molar-refractivity contribution in [3.63, 3.8) is 0 Å². The smallest absolute Gasteiger partial charge is 0.234 e. The molecule has 1 heterocycles. The number of carbonyl (C=O) groups excluding carboxylic acids is 1. The number of rotatable bonds is 6. The molecule has 5 nitrogen and oxygen atoms in total. The Labute approximate surface area is 215 Å². The van der Waals surface area contributed by atoms with E-state index in [1.54, 1.807) is 12.1 Å². The Morgan fingerprint density at radius 1 is 0.971 bits per heavy atom. The largest absolute Gasteiger partial charge is 0.325 e. The zero-order chi connectivity index (χ0) is 25.2. The highest BCUT2D eigenvalue weighted by Crippen LogP contribution is 2.30. The molecular formula is C28H29ClN4OS. The predicted molar refractivity (Wildman–Crippen MR) is 146 cm³/mol. The third kappa shape index (κ3) is 5.95. The normalized spacial score (nSPS) is 11.5. The average molecular weight is 505 g/mol. The topological polar surface area (TPSA) is 59.8 Å². The number of nitrogens with one attached hydrogen (secondary N) is 1. The fraction of sp³-hybridized carbons (Fsp3) is 0.250. The Balaban J connectivity index is 1.62. The minimum absolute atomic E-state index is 0.0683. The Bertz CT molecular complexity index is 1340. The highest BCUT2D eigenvalue weighted by atomic mass is 35.5. The van der Waals surface area contributed by atoms with E-state index in [4.69, 9.17) is 11.6 Å². The van der Waals surface area contributed by atoms with Crippen LogP contribution < -0.4 is 5.32 Å². The van der Waals surface area contributed by atoms with Gasteiger partial charge >= 0.3 is 0 Å². The second-order valence-electron chi connectivity index (χ2n) is 9.60. The lowest BCUT2D eigenvalue weighted by molar-refractivity contribution is -0.113. The van der Waals surface area contributed by atoms with Crippen LogP contribution in [0, 0.1) is 13.8 Å². The van der Waals surface area contributed by atoms with E-state index in [1.165, 1.54) is 22.9 Å². The summed E-state index contributed by atoms with van der Waals surface area (Å²) in [7, 11) is 0. The molecule has 0 aliphatic rings. The molecule has 0 saturated heterocycles. The van der Waals surface area contributed by atoms with Crippen molar-refractivity contribution in [2.75, 3.05) is 11.1 Å². The number of carbonyl (C=O) groups is 1. The lowest BCUT2D eigenvalue weighted by Crippen LogP contribution is -2.15. The maximum Gasteiger partial charge on any atom is 0.234 e. The summed E-state index contributed by atoms with van der Waals surface area (Å²) < 4.78 is 2.01. The van der Waals surface area contributed by atoms with Gasteiger partial charge in [0.2, 0.25) is 5.91 Å². The number of nitrogens with zero attached hydrogens (tertiary/aromatic N) is 3. The van der Waals surface area contributed by atoms with Gasteiger partial charge in [-0.15, -0.1) is 10.2 Å². The number of halogens is 1. The Hall–Kier alpha value is -3.09. The zero-order valence-corrected chi connectivity index (χ0v) is 22.2. The van der Waals surface area contributed by atoms with Gasteiger partial charge in [-0.1, -0.05) is 92.2 Å². The van der Waals surface area contributed by atoms with Crippen LogP contribution in [0.1, 0.15) is 37.5 Å². The van der Waals surface area contributed by atoms with Crippen LogP contribution in [-0.4, -0.2) is 26.4 Å². The minimum Gasteiger partial charge on any atom is -0.325 e. The standard InChI is InChI=1S/C28H29ClN4OS/c1-18-6-14-23(15-7-18)33-26(20-9-11-21(12-10-20)28(3,4)5)31-32-27(33)35-17-25(34)30-24-16-22(29)13-8-19(24)2/h6-16H,17H2,1-5H3,(H,30,34). The van der Waals surface area contributed by atoms with E-state index in [1.807, 2.05) is 29.7 Å². The molecule has 0 aliphatic carbocycles. The van der Waals surface area contributed by atoms with Crippen LogP contribution in [0.25, 0.3) is 17.1 Å². The van der Waals surface area contributed by atoms with Gasteiger partial charge in [0.1, 0.15) is 0 Å². The quantitative estimate of drug-likeness (QED) is 0.281. The van der Waals surface area contributed by atoms with Crippen molar-refractivity contribution in [3.8, 4) is 17.1 Å². The molecule has 7 heteroatoms. The van der Waals surface area contributed by atoms with Gasteiger partial charge < -0.3 is 5.32 Å². The molecule has 0 unspecified atom stereocenters. The van der Waals surface area contributed by atoms with E-state index < -0.39 is 0 Å². The van der Waals surface area contributed by atoms with E-state index in [0.717, 1.165) is 22.6 Å². The molecule has 0 radical (unpaired) electrons. The molecule has 1 amide bonds. The summed E-state index contributed by atoms with van der Waals surface area (Å²) in [5.74, 6) is 0.802. The number of thioether (sulfide) groups is 1. The Morgan fingerprint density at radius 2 is 1.66 bits per heavy atom. The highest BCUT2D eigenvalue weighted by molar-refractivity contribution is 7.99. The highest BCUT2D eigenvalue weighted by Gasteiger charge is 2.19. The average Bonchev–Trinajstić information content (AvgIpc) is 3.24. The first-order chi connectivity index (χ1) is 16.6. The molecule has 0 saturated carbocycles. The molecule has 35 heavy (non-hydrogen) atoms. The first kappa shape index (κ1) is 25.0. The second-order valence-corrected chi connectivity index (χ2v) is 11.0. The molecule has 3 aromatic carbocycles. The van der Waals surface area contributed by atoms with Crippen LogP contribution in [0.3, 0.4) is 0 Å². The predicted octanol–water partition coefficient (Wildman–Crippen LogP) is 7.23. The van der Waals surface area contributed by atoms with E-state index in [9.17, 15) is 4.79 Å². The van der Waals surface area contributed by atoms with Crippen molar-refractivity contribution in [1.82, 2.24) is 14.8 Å². The maximum atomic E-state index is 12.7. The molecule has 4 rings (SSSR count). The molecule has 1 N–H and O–H groups in total. The maximum absolute atomic E-state index is 12.7. The number of amides is 1. The number of anilines is 1. The summed E-state index contributed by atoms with van der Waals surface area (Å²) >= 11 is 7.44. The summed E-state index contributed by atoms with van der Waals surface area (Å²) in [6.45, 7) is 10.6. The van der Waals surface area contributed by atoms with Crippen LogP contribution in [0.5, 0.6) is 0 Å². The van der Waals surface area contributed by atoms with Crippen LogP contribution >= 0.6 is 23.4 Å². The van der Waals surface area contributed by atoms with Gasteiger partial charge in [0, 0.05) is 22.0 Å². The third-order valence-electron chi connectivity index (χ3n) is 5.74. The van der Waals surface area contributed by atoms with Gasteiger partial charge in [-0.25, -0.2) is 0 Å². The zero-order valence-electron chi connectivity index (χ0n) is 20.6. The second kappa shape index (κ2) is 10.3. The molecule has 180 valence electrons. The third-order valence-corrected chi connectivity index (χ3v) is 6.90. The fourth-order valence-corrected chi connectivity index (χ4v) is 4.57. The van der Waals surface area contributed by atoms with Gasteiger partial charge in [-0.2, -0.15) is 0 Å². The molecule has 0 bridgehead atoms. The lowest BCUT2D eigenvalue weighted by atomic mass is 9.87. The summed E-state index contributed by atoms with van der Waals surface area (Å²) in [5.41, 5.74) is 6.08. The van der Waals surface area contributed by atoms with Crippen molar-refractivity contribution in [1.29, 1.82) is 0 Å². The van der Waals surface area contributed by atoms with E-state index in [-0.39, 0.29) is 17.1 Å². The van der Waals surface area contributed by atoms with E-state index in [0.29, 0.717) is 15.9 Å². The summed E-state index contributed by atoms with van der Waals surface area (Å²) in [6.07, 6.45) is 0. The van der Waals surface area contributed by atoms with Crippen molar-refractivity contribution < 1.29 is 4.79 Å². The minimum atomic E-state index is -0.130. The molecule has 0 aliphatic heterocycles. The van der Waals surface area contributed by atoms with Gasteiger partial charge in [-0.3, -0.25) is 9.36 Å². The molecule has 0 atom stereocenters. The summed E-state index contributed by atoms with van der Waals surface area (Å²) in [5, 5.41) is 13.1. The van der Waals surface area contributed by atoms with Crippen LogP contribution in [0.2, 0.25) is 5.02 Å². The van der Waals surface area contributed by atoms with Gasteiger partial charge in [0.05, 0.1) is 5.75 Å². The Morgan fingerprint density at radius 3 is 2.31 bits per heavy atom. The van der Waals surface area contributed by atoms with Crippen LogP contribution in [0.4, 0.5) is 5.69 Å². The molecule has 0 spiro atoms. The number of aryl methyl sites for hydroxylation is 2. The molecule has 4 aromatic rings.